The van der Waals surface area contributed by atoms with E-state index in [1.807, 2.05) is 0 Å². The number of nitrogens with zero attached hydrogens (tertiary/aromatic N) is 1. The van der Waals surface area contributed by atoms with Gasteiger partial charge in [0.2, 0.25) is 5.91 Å². The quantitative estimate of drug-likeness (QED) is 0.658. The minimum absolute atomic E-state index is 0.224. The summed E-state index contributed by atoms with van der Waals surface area (Å²) in [6.45, 7) is -1.13. The highest BCUT2D eigenvalue weighted by atomic mass is 35.5. The number of carbonyl (C=O) groups excluding carboxylic acids is 3. The third-order valence-corrected chi connectivity index (χ3v) is 4.14. The van der Waals surface area contributed by atoms with Crippen molar-refractivity contribution in [1.29, 1.82) is 0 Å². The number of esters is 1. The van der Waals surface area contributed by atoms with Gasteiger partial charge in [0.25, 0.3) is 5.91 Å². The van der Waals surface area contributed by atoms with Crippen LogP contribution in [0.3, 0.4) is 0 Å². The van der Waals surface area contributed by atoms with Gasteiger partial charge in [0.05, 0.1) is 22.3 Å². The molecule has 0 aliphatic heterocycles. The molecule has 2 amide bonds. The maximum Gasteiger partial charge on any atom is 0.344 e. The molecule has 0 fully saturated rings. The molecule has 2 aromatic rings. The number of para-hydroxylation sites is 2. The lowest BCUT2D eigenvalue weighted by atomic mass is 10.3. The lowest BCUT2D eigenvalue weighted by Gasteiger charge is -2.17. The summed E-state index contributed by atoms with van der Waals surface area (Å²) in [7, 11) is 1.42. The largest absolute Gasteiger partial charge is 0.480 e. The first-order chi connectivity index (χ1) is 13.4. The molecule has 9 heteroatoms. The molecule has 0 saturated carbocycles. The fourth-order valence-corrected chi connectivity index (χ4v) is 2.42. The van der Waals surface area contributed by atoms with Crippen LogP contribution in [0.1, 0.15) is 0 Å². The van der Waals surface area contributed by atoms with E-state index >= 15 is 0 Å². The van der Waals surface area contributed by atoms with Crippen LogP contribution in [-0.4, -0.2) is 49.5 Å². The fourth-order valence-electron chi connectivity index (χ4n) is 2.05. The number of anilines is 1. The van der Waals surface area contributed by atoms with Gasteiger partial charge in [-0.1, -0.05) is 47.5 Å². The van der Waals surface area contributed by atoms with Crippen molar-refractivity contribution < 1.29 is 23.9 Å². The normalized spacial score (nSPS) is 10.1. The van der Waals surface area contributed by atoms with E-state index in [2.05, 4.69) is 5.32 Å². The summed E-state index contributed by atoms with van der Waals surface area (Å²) in [5, 5.41) is 3.34. The molecule has 7 nitrogen and oxygen atoms in total. The standard InChI is InChI=1S/C19H18Cl2N2O5/c1-23(10-17(24)22-15-8-4-2-6-13(15)20)18(25)11-28-19(26)12-27-16-9-5-3-7-14(16)21/h2-9H,10-12H2,1H3,(H,22,24). The summed E-state index contributed by atoms with van der Waals surface area (Å²) in [5.74, 6) is -1.37. The lowest BCUT2D eigenvalue weighted by molar-refractivity contribution is -0.153. The Kier molecular flexibility index (Phi) is 8.10. The van der Waals surface area contributed by atoms with Crippen molar-refractivity contribution in [3.05, 3.63) is 58.6 Å². The predicted molar refractivity (Wildman–Crippen MR) is 106 cm³/mol. The van der Waals surface area contributed by atoms with Crippen molar-refractivity contribution in [3.63, 3.8) is 0 Å². The van der Waals surface area contributed by atoms with Gasteiger partial charge in [-0.2, -0.15) is 0 Å². The fraction of sp³-hybridized carbons (Fsp3) is 0.211. The Morgan fingerprint density at radius 3 is 2.29 bits per heavy atom. The second-order valence-corrected chi connectivity index (χ2v) is 6.47. The van der Waals surface area contributed by atoms with E-state index in [1.54, 1.807) is 48.5 Å². The van der Waals surface area contributed by atoms with Crippen molar-refractivity contribution in [1.82, 2.24) is 4.90 Å². The van der Waals surface area contributed by atoms with Crippen LogP contribution >= 0.6 is 23.2 Å². The molecule has 1 N–H and O–H groups in total. The van der Waals surface area contributed by atoms with Crippen LogP contribution in [0.2, 0.25) is 10.0 Å². The Hall–Kier alpha value is -2.77. The number of likely N-dealkylation sites (N-methyl/N-ethyl adjacent to an activating group) is 1. The van der Waals surface area contributed by atoms with Gasteiger partial charge in [-0.05, 0) is 24.3 Å². The lowest BCUT2D eigenvalue weighted by Crippen LogP contribution is -2.37. The highest BCUT2D eigenvalue weighted by Gasteiger charge is 2.16. The molecule has 0 aliphatic carbocycles. The predicted octanol–water partition coefficient (Wildman–Crippen LogP) is 3.01. The second-order valence-electron chi connectivity index (χ2n) is 5.66. The van der Waals surface area contributed by atoms with Crippen LogP contribution in [0, 0.1) is 0 Å². The first-order valence-corrected chi connectivity index (χ1v) is 8.93. The summed E-state index contributed by atoms with van der Waals surface area (Å²) in [6, 6.07) is 13.4. The van der Waals surface area contributed by atoms with E-state index in [0.29, 0.717) is 21.5 Å². The third-order valence-electron chi connectivity index (χ3n) is 3.49. The number of amides is 2. The van der Waals surface area contributed by atoms with Gasteiger partial charge in [-0.25, -0.2) is 4.79 Å². The van der Waals surface area contributed by atoms with Crippen molar-refractivity contribution in [2.75, 3.05) is 32.1 Å². The Morgan fingerprint density at radius 1 is 0.964 bits per heavy atom. The molecule has 2 rings (SSSR count). The van der Waals surface area contributed by atoms with Crippen LogP contribution in [-0.2, 0) is 19.1 Å². The van der Waals surface area contributed by atoms with Gasteiger partial charge in [0, 0.05) is 7.05 Å². The van der Waals surface area contributed by atoms with Crippen LogP contribution in [0.4, 0.5) is 5.69 Å². The molecule has 2 aromatic carbocycles. The van der Waals surface area contributed by atoms with Crippen molar-refractivity contribution in [2.24, 2.45) is 0 Å². The molecule has 0 saturated heterocycles. The summed E-state index contributed by atoms with van der Waals surface area (Å²) >= 11 is 11.9. The SMILES string of the molecule is CN(CC(=O)Nc1ccccc1Cl)C(=O)COC(=O)COc1ccccc1Cl. The topological polar surface area (TPSA) is 84.9 Å². The highest BCUT2D eigenvalue weighted by Crippen LogP contribution is 2.23. The highest BCUT2D eigenvalue weighted by molar-refractivity contribution is 6.33. The molecule has 0 aromatic heterocycles. The first kappa shape index (κ1) is 21.5. The molecule has 28 heavy (non-hydrogen) atoms. The summed E-state index contributed by atoms with van der Waals surface area (Å²) in [5.41, 5.74) is 0.443. The zero-order valence-corrected chi connectivity index (χ0v) is 16.5. The van der Waals surface area contributed by atoms with Gasteiger partial charge in [-0.3, -0.25) is 9.59 Å². The molecule has 148 valence electrons. The van der Waals surface area contributed by atoms with Gasteiger partial charge in [0.1, 0.15) is 5.75 Å². The van der Waals surface area contributed by atoms with Crippen molar-refractivity contribution in [3.8, 4) is 5.75 Å². The van der Waals surface area contributed by atoms with Crippen molar-refractivity contribution in [2.45, 2.75) is 0 Å². The average molecular weight is 425 g/mol. The molecular formula is C19H18Cl2N2O5. The maximum atomic E-state index is 12.0. The number of hydrogen-bond acceptors (Lipinski definition) is 5. The summed E-state index contributed by atoms with van der Waals surface area (Å²) in [4.78, 5) is 36.9. The summed E-state index contributed by atoms with van der Waals surface area (Å²) < 4.78 is 10.1. The van der Waals surface area contributed by atoms with Crippen LogP contribution in [0.15, 0.2) is 48.5 Å². The van der Waals surface area contributed by atoms with Crippen LogP contribution in [0.25, 0.3) is 0 Å². The Balaban J connectivity index is 1.72. The van der Waals surface area contributed by atoms with Gasteiger partial charge >= 0.3 is 5.97 Å². The second kappa shape index (κ2) is 10.5. The minimum Gasteiger partial charge on any atom is -0.480 e. The monoisotopic (exact) mass is 424 g/mol. The number of benzene rings is 2. The Labute approximate surface area is 172 Å². The number of rotatable bonds is 8. The van der Waals surface area contributed by atoms with E-state index < -0.39 is 31.0 Å². The maximum absolute atomic E-state index is 12.0. The molecule has 0 heterocycles. The van der Waals surface area contributed by atoms with Gasteiger partial charge in [0.15, 0.2) is 13.2 Å². The Bertz CT molecular complexity index is 860. The van der Waals surface area contributed by atoms with E-state index in [-0.39, 0.29) is 6.54 Å². The zero-order chi connectivity index (χ0) is 20.5. The molecule has 0 bridgehead atoms. The Morgan fingerprint density at radius 2 is 1.61 bits per heavy atom. The number of carbonyl (C=O) groups is 3. The molecular weight excluding hydrogens is 407 g/mol. The van der Waals surface area contributed by atoms with Crippen LogP contribution in [0.5, 0.6) is 5.75 Å². The third kappa shape index (κ3) is 6.75. The number of halogens is 2. The zero-order valence-electron chi connectivity index (χ0n) is 15.0. The van der Waals surface area contributed by atoms with Gasteiger partial charge < -0.3 is 19.7 Å². The average Bonchev–Trinajstić information content (AvgIpc) is 2.67. The van der Waals surface area contributed by atoms with E-state index in [9.17, 15) is 14.4 Å². The smallest absolute Gasteiger partial charge is 0.344 e. The summed E-state index contributed by atoms with van der Waals surface area (Å²) in [6.07, 6.45) is 0. The van der Waals surface area contributed by atoms with E-state index in [1.165, 1.54) is 7.05 Å². The van der Waals surface area contributed by atoms with Gasteiger partial charge in [-0.15, -0.1) is 0 Å². The molecule has 0 aliphatic rings. The number of hydrogen-bond donors (Lipinski definition) is 1. The molecule has 0 spiro atoms. The molecule has 0 unspecified atom stereocenters. The van der Waals surface area contributed by atoms with E-state index in [4.69, 9.17) is 32.7 Å². The number of nitrogens with one attached hydrogen (secondary N) is 1. The number of ether oxygens (including phenoxy) is 2. The van der Waals surface area contributed by atoms with Crippen LogP contribution < -0.4 is 10.1 Å². The van der Waals surface area contributed by atoms with Crippen molar-refractivity contribution >= 4 is 46.7 Å². The molecule has 0 atom stereocenters. The first-order valence-electron chi connectivity index (χ1n) is 8.18. The minimum atomic E-state index is -0.734. The molecule has 0 radical (unpaired) electrons. The van der Waals surface area contributed by atoms with E-state index in [0.717, 1.165) is 4.90 Å².